The fraction of sp³-hybridized carbons (Fsp3) is 0.476. The highest BCUT2D eigenvalue weighted by molar-refractivity contribution is 7.89. The molecule has 1 aliphatic heterocycles. The van der Waals surface area contributed by atoms with Crippen molar-refractivity contribution in [2.45, 2.75) is 37.6 Å². The molecule has 1 aliphatic rings. The van der Waals surface area contributed by atoms with Crippen molar-refractivity contribution in [2.24, 2.45) is 0 Å². The van der Waals surface area contributed by atoms with Crippen molar-refractivity contribution in [1.82, 2.24) is 14.5 Å². The molecule has 1 aromatic carbocycles. The molecule has 158 valence electrons. The van der Waals surface area contributed by atoms with Crippen LogP contribution in [0.15, 0.2) is 52.0 Å². The number of furan rings is 1. The molecule has 0 spiro atoms. The number of sulfonamides is 1. The summed E-state index contributed by atoms with van der Waals surface area (Å²) in [6, 6.07) is 10.8. The predicted octanol–water partition coefficient (Wildman–Crippen LogP) is 2.42. The van der Waals surface area contributed by atoms with Gasteiger partial charge in [-0.2, -0.15) is 4.31 Å². The summed E-state index contributed by atoms with van der Waals surface area (Å²) in [5.74, 6) is 1.01. The smallest absolute Gasteiger partial charge is 0.243 e. The minimum absolute atomic E-state index is 0.0988. The van der Waals surface area contributed by atoms with Gasteiger partial charge in [-0.1, -0.05) is 26.0 Å². The molecule has 1 N–H and O–H groups in total. The first-order valence-corrected chi connectivity index (χ1v) is 11.5. The van der Waals surface area contributed by atoms with E-state index in [0.717, 1.165) is 12.0 Å². The van der Waals surface area contributed by atoms with Crippen LogP contribution in [0.3, 0.4) is 0 Å². The summed E-state index contributed by atoms with van der Waals surface area (Å²) in [7, 11) is -3.51. The third-order valence-electron chi connectivity index (χ3n) is 5.44. The molecule has 0 radical (unpaired) electrons. The van der Waals surface area contributed by atoms with Crippen LogP contribution < -0.4 is 5.32 Å². The fourth-order valence-corrected chi connectivity index (χ4v) is 4.76. The molecular weight excluding hydrogens is 390 g/mol. The maximum Gasteiger partial charge on any atom is 0.243 e. The second-order valence-corrected chi connectivity index (χ2v) is 9.35. The second kappa shape index (κ2) is 9.56. The molecule has 0 aliphatic carbocycles. The van der Waals surface area contributed by atoms with E-state index in [1.807, 2.05) is 17.0 Å². The van der Waals surface area contributed by atoms with E-state index < -0.39 is 10.0 Å². The summed E-state index contributed by atoms with van der Waals surface area (Å²) in [5, 5.41) is 2.81. The van der Waals surface area contributed by atoms with Crippen LogP contribution in [0.2, 0.25) is 0 Å². The third kappa shape index (κ3) is 5.46. The first-order valence-electron chi connectivity index (χ1n) is 10.0. The van der Waals surface area contributed by atoms with Gasteiger partial charge in [-0.15, -0.1) is 0 Å². The minimum atomic E-state index is -3.51. The Balaban J connectivity index is 1.50. The van der Waals surface area contributed by atoms with E-state index >= 15 is 0 Å². The van der Waals surface area contributed by atoms with Crippen LogP contribution in [0.25, 0.3) is 0 Å². The number of hydrogen-bond donors (Lipinski definition) is 1. The average Bonchev–Trinajstić information content (AvgIpc) is 3.26. The van der Waals surface area contributed by atoms with E-state index in [-0.39, 0.29) is 12.5 Å². The lowest BCUT2D eigenvalue weighted by Crippen LogP contribution is -2.50. The number of hydrogen-bond acceptors (Lipinski definition) is 5. The van der Waals surface area contributed by atoms with E-state index in [0.29, 0.717) is 49.3 Å². The van der Waals surface area contributed by atoms with E-state index in [1.54, 1.807) is 30.5 Å². The molecule has 1 fully saturated rings. The Labute approximate surface area is 172 Å². The van der Waals surface area contributed by atoms with E-state index in [2.05, 4.69) is 19.2 Å². The molecule has 0 bridgehead atoms. The van der Waals surface area contributed by atoms with Gasteiger partial charge in [0.15, 0.2) is 0 Å². The summed E-state index contributed by atoms with van der Waals surface area (Å²) >= 11 is 0. The summed E-state index contributed by atoms with van der Waals surface area (Å²) in [6.07, 6.45) is 2.59. The molecule has 2 heterocycles. The van der Waals surface area contributed by atoms with Gasteiger partial charge in [-0.3, -0.25) is 9.69 Å². The lowest BCUT2D eigenvalue weighted by atomic mass is 9.99. The topological polar surface area (TPSA) is 82.9 Å². The number of carbonyl (C=O) groups is 1. The van der Waals surface area contributed by atoms with Crippen LogP contribution >= 0.6 is 0 Å². The molecule has 29 heavy (non-hydrogen) atoms. The average molecular weight is 420 g/mol. The van der Waals surface area contributed by atoms with Crippen LogP contribution in [0.4, 0.5) is 0 Å². The molecule has 3 rings (SSSR count). The lowest BCUT2D eigenvalue weighted by Gasteiger charge is -2.33. The van der Waals surface area contributed by atoms with E-state index in [4.69, 9.17) is 4.42 Å². The second-order valence-electron chi connectivity index (χ2n) is 7.41. The van der Waals surface area contributed by atoms with E-state index in [1.165, 1.54) is 4.31 Å². The molecule has 0 unspecified atom stereocenters. The normalized spacial score (nSPS) is 17.2. The lowest BCUT2D eigenvalue weighted by molar-refractivity contribution is -0.122. The summed E-state index contributed by atoms with van der Waals surface area (Å²) in [6.45, 7) is 6.66. The molecule has 1 saturated heterocycles. The van der Waals surface area contributed by atoms with Crippen molar-refractivity contribution >= 4 is 15.9 Å². The van der Waals surface area contributed by atoms with Gasteiger partial charge in [-0.25, -0.2) is 8.42 Å². The third-order valence-corrected chi connectivity index (χ3v) is 7.35. The van der Waals surface area contributed by atoms with Gasteiger partial charge in [0.05, 0.1) is 24.2 Å². The number of rotatable bonds is 8. The van der Waals surface area contributed by atoms with Gasteiger partial charge in [0, 0.05) is 26.2 Å². The SMILES string of the molecule is CC[C@H](C)c1ccc(S(=O)(=O)N2CCN(CC(=O)NCc3ccco3)CC2)cc1. The monoisotopic (exact) mass is 419 g/mol. The molecule has 1 aromatic heterocycles. The highest BCUT2D eigenvalue weighted by Crippen LogP contribution is 2.23. The van der Waals surface area contributed by atoms with Crippen molar-refractivity contribution in [3.8, 4) is 0 Å². The predicted molar refractivity (Wildman–Crippen MR) is 111 cm³/mol. The van der Waals surface area contributed by atoms with Crippen molar-refractivity contribution in [1.29, 1.82) is 0 Å². The Bertz CT molecular complexity index is 887. The van der Waals surface area contributed by atoms with Gasteiger partial charge in [0.1, 0.15) is 5.76 Å². The maximum atomic E-state index is 12.9. The Morgan fingerprint density at radius 3 is 2.41 bits per heavy atom. The van der Waals surface area contributed by atoms with Crippen molar-refractivity contribution in [2.75, 3.05) is 32.7 Å². The summed E-state index contributed by atoms with van der Waals surface area (Å²) in [5.41, 5.74) is 1.15. The van der Waals surface area contributed by atoms with Crippen LogP contribution in [0.1, 0.15) is 37.5 Å². The number of benzene rings is 1. The van der Waals surface area contributed by atoms with Gasteiger partial charge in [0.2, 0.25) is 15.9 Å². The number of nitrogens with one attached hydrogen (secondary N) is 1. The molecule has 2 aromatic rings. The first kappa shape index (κ1) is 21.5. The molecule has 0 saturated carbocycles. The van der Waals surface area contributed by atoms with Crippen molar-refractivity contribution in [3.63, 3.8) is 0 Å². The highest BCUT2D eigenvalue weighted by atomic mass is 32.2. The standard InChI is InChI=1S/C21H29N3O4S/c1-3-17(2)18-6-8-20(9-7-18)29(26,27)24-12-10-23(11-13-24)16-21(25)22-15-19-5-4-14-28-19/h4-9,14,17H,3,10-13,15-16H2,1-2H3,(H,22,25)/t17-/m0/s1. The zero-order valence-corrected chi connectivity index (χ0v) is 17.8. The zero-order valence-electron chi connectivity index (χ0n) is 17.0. The van der Waals surface area contributed by atoms with Gasteiger partial charge in [0.25, 0.3) is 0 Å². The Morgan fingerprint density at radius 1 is 1.14 bits per heavy atom. The summed E-state index contributed by atoms with van der Waals surface area (Å²) in [4.78, 5) is 14.4. The van der Waals surface area contributed by atoms with Crippen LogP contribution in [-0.2, 0) is 21.4 Å². The van der Waals surface area contributed by atoms with Crippen LogP contribution in [0, 0.1) is 0 Å². The zero-order chi connectivity index (χ0) is 20.9. The van der Waals surface area contributed by atoms with Gasteiger partial charge in [-0.05, 0) is 42.2 Å². The Morgan fingerprint density at radius 2 is 1.83 bits per heavy atom. The van der Waals surface area contributed by atoms with Gasteiger partial charge < -0.3 is 9.73 Å². The largest absolute Gasteiger partial charge is 0.467 e. The van der Waals surface area contributed by atoms with Crippen molar-refractivity contribution < 1.29 is 17.6 Å². The van der Waals surface area contributed by atoms with Crippen LogP contribution in [0.5, 0.6) is 0 Å². The summed E-state index contributed by atoms with van der Waals surface area (Å²) < 4.78 is 32.5. The highest BCUT2D eigenvalue weighted by Gasteiger charge is 2.29. The molecule has 1 amide bonds. The number of nitrogens with zero attached hydrogens (tertiary/aromatic N) is 2. The number of carbonyl (C=O) groups excluding carboxylic acids is 1. The molecule has 7 nitrogen and oxygen atoms in total. The Hall–Kier alpha value is -2.16. The molecule has 1 atom stereocenters. The minimum Gasteiger partial charge on any atom is -0.467 e. The number of piperazine rings is 1. The van der Waals surface area contributed by atoms with E-state index in [9.17, 15) is 13.2 Å². The van der Waals surface area contributed by atoms with Crippen molar-refractivity contribution in [3.05, 3.63) is 54.0 Å². The fourth-order valence-electron chi connectivity index (χ4n) is 3.34. The molecular formula is C21H29N3O4S. The quantitative estimate of drug-likeness (QED) is 0.711. The maximum absolute atomic E-state index is 12.9. The molecule has 8 heteroatoms. The first-order chi connectivity index (χ1) is 13.9. The number of amides is 1. The van der Waals surface area contributed by atoms with Crippen LogP contribution in [-0.4, -0.2) is 56.3 Å². The van der Waals surface area contributed by atoms with Gasteiger partial charge >= 0.3 is 0 Å². The Kier molecular flexibility index (Phi) is 7.10.